The van der Waals surface area contributed by atoms with Crippen molar-refractivity contribution in [2.45, 2.75) is 12.8 Å². The van der Waals surface area contributed by atoms with Crippen LogP contribution in [-0.4, -0.2) is 37.0 Å². The molecule has 4 nitrogen and oxygen atoms in total. The Bertz CT molecular complexity index is 503. The van der Waals surface area contributed by atoms with Gasteiger partial charge in [-0.2, -0.15) is 0 Å². The lowest BCUT2D eigenvalue weighted by molar-refractivity contribution is -0.146. The first-order chi connectivity index (χ1) is 9.02. The van der Waals surface area contributed by atoms with Gasteiger partial charge in [0.2, 0.25) is 0 Å². The van der Waals surface area contributed by atoms with E-state index in [1.807, 2.05) is 0 Å². The molecule has 1 amide bonds. The quantitative estimate of drug-likeness (QED) is 0.702. The molecule has 0 aromatic carbocycles. The SMILES string of the molecule is COC(=O)[C@H]1CCCN(C(=O)c2cc(Br)sc2Br)C1. The van der Waals surface area contributed by atoms with Crippen LogP contribution in [0.1, 0.15) is 23.2 Å². The number of carbonyl (C=O) groups is 2. The van der Waals surface area contributed by atoms with Crippen molar-refractivity contribution in [1.29, 1.82) is 0 Å². The van der Waals surface area contributed by atoms with E-state index in [1.54, 1.807) is 11.0 Å². The van der Waals surface area contributed by atoms with E-state index >= 15 is 0 Å². The molecule has 2 rings (SSSR count). The number of nitrogens with zero attached hydrogens (tertiary/aromatic N) is 1. The molecular formula is C12H13Br2NO3S. The smallest absolute Gasteiger partial charge is 0.310 e. The van der Waals surface area contributed by atoms with Crippen LogP contribution in [0.5, 0.6) is 0 Å². The topological polar surface area (TPSA) is 46.6 Å². The van der Waals surface area contributed by atoms with Gasteiger partial charge < -0.3 is 9.64 Å². The van der Waals surface area contributed by atoms with Gasteiger partial charge in [0.15, 0.2) is 0 Å². The van der Waals surface area contributed by atoms with Crippen LogP contribution in [0.4, 0.5) is 0 Å². The number of ether oxygens (including phenoxy) is 1. The van der Waals surface area contributed by atoms with E-state index in [0.717, 1.165) is 20.4 Å². The van der Waals surface area contributed by atoms with Crippen LogP contribution in [-0.2, 0) is 9.53 Å². The molecule has 0 unspecified atom stereocenters. The zero-order chi connectivity index (χ0) is 14.0. The number of esters is 1. The van der Waals surface area contributed by atoms with Crippen LogP contribution in [0.3, 0.4) is 0 Å². The molecule has 1 aliphatic rings. The molecular weight excluding hydrogens is 398 g/mol. The molecule has 0 N–H and O–H groups in total. The van der Waals surface area contributed by atoms with E-state index in [2.05, 4.69) is 31.9 Å². The molecule has 1 saturated heterocycles. The minimum Gasteiger partial charge on any atom is -0.469 e. The summed E-state index contributed by atoms with van der Waals surface area (Å²) in [5.41, 5.74) is 0.641. The molecule has 0 bridgehead atoms. The minimum atomic E-state index is -0.233. The minimum absolute atomic E-state index is 0.0394. The van der Waals surface area contributed by atoms with Crippen molar-refractivity contribution in [3.8, 4) is 0 Å². The van der Waals surface area contributed by atoms with Crippen LogP contribution in [0.25, 0.3) is 0 Å². The molecule has 1 fully saturated rings. The molecule has 19 heavy (non-hydrogen) atoms. The Morgan fingerprint density at radius 2 is 2.21 bits per heavy atom. The Morgan fingerprint density at radius 1 is 1.47 bits per heavy atom. The van der Waals surface area contributed by atoms with Gasteiger partial charge in [0, 0.05) is 13.1 Å². The average molecular weight is 411 g/mol. The maximum atomic E-state index is 12.4. The zero-order valence-electron chi connectivity index (χ0n) is 10.3. The lowest BCUT2D eigenvalue weighted by atomic mass is 9.98. The Balaban J connectivity index is 2.11. The van der Waals surface area contributed by atoms with Crippen LogP contribution in [0, 0.1) is 5.92 Å². The predicted molar refractivity (Wildman–Crippen MR) is 80.4 cm³/mol. The molecule has 1 aliphatic heterocycles. The average Bonchev–Trinajstić information content (AvgIpc) is 2.76. The summed E-state index contributed by atoms with van der Waals surface area (Å²) in [7, 11) is 1.38. The molecule has 1 atom stereocenters. The van der Waals surface area contributed by atoms with E-state index in [-0.39, 0.29) is 17.8 Å². The number of rotatable bonds is 2. The lowest BCUT2D eigenvalue weighted by Gasteiger charge is -2.31. The van der Waals surface area contributed by atoms with Crippen LogP contribution in [0.15, 0.2) is 13.6 Å². The number of hydrogen-bond acceptors (Lipinski definition) is 4. The Hall–Kier alpha value is -0.400. The number of piperidine rings is 1. The predicted octanol–water partition coefficient (Wildman–Crippen LogP) is 3.30. The summed E-state index contributed by atoms with van der Waals surface area (Å²) in [6.45, 7) is 1.12. The summed E-state index contributed by atoms with van der Waals surface area (Å²) < 4.78 is 6.48. The molecule has 0 saturated carbocycles. The van der Waals surface area contributed by atoms with Gasteiger partial charge in [-0.25, -0.2) is 0 Å². The third-order valence-corrected chi connectivity index (χ3v) is 5.47. The highest BCUT2D eigenvalue weighted by atomic mass is 79.9. The van der Waals surface area contributed by atoms with E-state index in [4.69, 9.17) is 4.74 Å². The van der Waals surface area contributed by atoms with Crippen molar-refractivity contribution < 1.29 is 14.3 Å². The van der Waals surface area contributed by atoms with E-state index in [1.165, 1.54) is 18.4 Å². The highest BCUT2D eigenvalue weighted by Gasteiger charge is 2.30. The van der Waals surface area contributed by atoms with Gasteiger partial charge in [0.1, 0.15) is 0 Å². The van der Waals surface area contributed by atoms with Gasteiger partial charge in [-0.1, -0.05) is 0 Å². The fourth-order valence-electron chi connectivity index (χ4n) is 2.18. The van der Waals surface area contributed by atoms with Crippen LogP contribution in [0.2, 0.25) is 0 Å². The number of halogens is 2. The Morgan fingerprint density at radius 3 is 2.79 bits per heavy atom. The standard InChI is InChI=1S/C12H13Br2NO3S/c1-18-12(17)7-3-2-4-15(6-7)11(16)8-5-9(13)19-10(8)14/h5,7H,2-4,6H2,1H3/t7-/m0/s1. The van der Waals surface area contributed by atoms with Crippen molar-refractivity contribution >= 4 is 55.1 Å². The van der Waals surface area contributed by atoms with Crippen molar-refractivity contribution in [2.24, 2.45) is 5.92 Å². The number of methoxy groups -OCH3 is 1. The highest BCUT2D eigenvalue weighted by Crippen LogP contribution is 2.33. The third-order valence-electron chi connectivity index (χ3n) is 3.13. The molecule has 0 radical (unpaired) electrons. The summed E-state index contributed by atoms with van der Waals surface area (Å²) in [5.74, 6) is -0.478. The van der Waals surface area contributed by atoms with Crippen LogP contribution >= 0.6 is 43.2 Å². The largest absolute Gasteiger partial charge is 0.469 e. The molecule has 7 heteroatoms. The van der Waals surface area contributed by atoms with E-state index < -0.39 is 0 Å². The maximum absolute atomic E-state index is 12.4. The normalized spacial score (nSPS) is 19.3. The number of thiophene rings is 1. The van der Waals surface area contributed by atoms with E-state index in [9.17, 15) is 9.59 Å². The summed E-state index contributed by atoms with van der Waals surface area (Å²) in [6, 6.07) is 1.80. The van der Waals surface area contributed by atoms with Gasteiger partial charge >= 0.3 is 5.97 Å². The fraction of sp³-hybridized carbons (Fsp3) is 0.500. The second-order valence-electron chi connectivity index (χ2n) is 4.35. The second kappa shape index (κ2) is 6.37. The van der Waals surface area contributed by atoms with Crippen molar-refractivity contribution in [1.82, 2.24) is 4.90 Å². The second-order valence-corrected chi connectivity index (χ2v) is 8.10. The number of likely N-dealkylation sites (tertiary alicyclic amines) is 1. The summed E-state index contributed by atoms with van der Waals surface area (Å²) in [4.78, 5) is 25.7. The number of hydrogen-bond donors (Lipinski definition) is 0. The van der Waals surface area contributed by atoms with Crippen molar-refractivity contribution in [2.75, 3.05) is 20.2 Å². The van der Waals surface area contributed by atoms with Crippen molar-refractivity contribution in [3.05, 3.63) is 19.2 Å². The molecule has 0 aliphatic carbocycles. The number of amides is 1. The van der Waals surface area contributed by atoms with Gasteiger partial charge in [-0.05, 0) is 50.8 Å². The fourth-order valence-corrected chi connectivity index (χ4v) is 4.95. The zero-order valence-corrected chi connectivity index (χ0v) is 14.3. The van der Waals surface area contributed by atoms with E-state index in [0.29, 0.717) is 18.7 Å². The van der Waals surface area contributed by atoms with Gasteiger partial charge in [0.25, 0.3) is 5.91 Å². The summed E-state index contributed by atoms with van der Waals surface area (Å²) in [6.07, 6.45) is 1.61. The first kappa shape index (κ1) is 15.0. The van der Waals surface area contributed by atoms with Gasteiger partial charge in [0.05, 0.1) is 26.2 Å². The lowest BCUT2D eigenvalue weighted by Crippen LogP contribution is -2.42. The third kappa shape index (κ3) is 3.38. The molecule has 0 spiro atoms. The van der Waals surface area contributed by atoms with Gasteiger partial charge in [-0.15, -0.1) is 11.3 Å². The highest BCUT2D eigenvalue weighted by molar-refractivity contribution is 9.12. The first-order valence-corrected chi connectivity index (χ1v) is 8.25. The first-order valence-electron chi connectivity index (χ1n) is 5.85. The molecule has 1 aromatic heterocycles. The Labute approximate surface area is 132 Å². The molecule has 2 heterocycles. The van der Waals surface area contributed by atoms with Crippen LogP contribution < -0.4 is 0 Å². The summed E-state index contributed by atoms with van der Waals surface area (Å²) >= 11 is 8.22. The molecule has 104 valence electrons. The van der Waals surface area contributed by atoms with Gasteiger partial charge in [-0.3, -0.25) is 9.59 Å². The Kier molecular flexibility index (Phi) is 5.03. The maximum Gasteiger partial charge on any atom is 0.310 e. The summed E-state index contributed by atoms with van der Waals surface area (Å²) in [5, 5.41) is 0. The monoisotopic (exact) mass is 409 g/mol. The number of carbonyl (C=O) groups excluding carboxylic acids is 2. The molecule has 1 aromatic rings. The van der Waals surface area contributed by atoms with Crippen molar-refractivity contribution in [3.63, 3.8) is 0 Å².